The molecule has 0 radical (unpaired) electrons. The summed E-state index contributed by atoms with van der Waals surface area (Å²) in [6.07, 6.45) is 3.53. The average Bonchev–Trinajstić information content (AvgIpc) is 3.12. The quantitative estimate of drug-likeness (QED) is 0.683. The van der Waals surface area contributed by atoms with Crippen LogP contribution in [0.25, 0.3) is 0 Å². The van der Waals surface area contributed by atoms with E-state index < -0.39 is 9.84 Å². The minimum absolute atomic E-state index is 0.0435. The molecule has 2 amide bonds. The Balaban J connectivity index is 1.44. The predicted octanol–water partition coefficient (Wildman–Crippen LogP) is 0.356. The largest absolute Gasteiger partial charge is 0.343 e. The summed E-state index contributed by atoms with van der Waals surface area (Å²) in [5.41, 5.74) is 0.0683. The smallest absolute Gasteiger partial charge is 0.223 e. The van der Waals surface area contributed by atoms with Crippen LogP contribution in [-0.4, -0.2) is 92.3 Å². The highest BCUT2D eigenvalue weighted by Crippen LogP contribution is 2.40. The van der Waals surface area contributed by atoms with Gasteiger partial charge in [-0.25, -0.2) is 8.42 Å². The molecule has 3 heterocycles. The van der Waals surface area contributed by atoms with Gasteiger partial charge in [0.05, 0.1) is 11.5 Å². The first-order chi connectivity index (χ1) is 12.2. The molecule has 0 N–H and O–H groups in total. The van der Waals surface area contributed by atoms with E-state index in [-0.39, 0.29) is 34.8 Å². The molecule has 0 aromatic carbocycles. The Morgan fingerprint density at radius 3 is 2.54 bits per heavy atom. The van der Waals surface area contributed by atoms with Crippen molar-refractivity contribution in [3.8, 4) is 0 Å². The van der Waals surface area contributed by atoms with Crippen LogP contribution in [0.2, 0.25) is 0 Å². The standard InChI is InChI=1S/C18H31N3O4S/c1-3-20-14-18(12-17(20)23)6-9-21(10-7-18)16(22)4-8-19(2)15-5-11-26(24,25)13-15/h15H,3-14H2,1-2H3/t15-/m1/s1. The molecule has 0 aliphatic carbocycles. The molecule has 1 spiro atoms. The van der Waals surface area contributed by atoms with Gasteiger partial charge in [0, 0.05) is 57.0 Å². The maximum atomic E-state index is 12.5. The number of hydrogen-bond donors (Lipinski definition) is 0. The molecule has 3 aliphatic heterocycles. The van der Waals surface area contributed by atoms with Crippen molar-refractivity contribution in [2.75, 3.05) is 51.3 Å². The molecule has 3 rings (SSSR count). The van der Waals surface area contributed by atoms with Crippen LogP contribution in [-0.2, 0) is 19.4 Å². The summed E-state index contributed by atoms with van der Waals surface area (Å²) in [5, 5.41) is 0. The summed E-state index contributed by atoms with van der Waals surface area (Å²) in [6.45, 7) is 5.68. The first-order valence-corrected chi connectivity index (χ1v) is 11.5. The highest BCUT2D eigenvalue weighted by atomic mass is 32.2. The third-order valence-corrected chi connectivity index (χ3v) is 8.22. The fraction of sp³-hybridized carbons (Fsp3) is 0.889. The first kappa shape index (κ1) is 19.6. The third-order valence-electron chi connectivity index (χ3n) is 6.47. The monoisotopic (exact) mass is 385 g/mol. The molecule has 26 heavy (non-hydrogen) atoms. The SMILES string of the molecule is CCN1CC2(CCN(C(=O)CCN(C)[C@@H]3CCS(=O)(=O)C3)CC2)CC1=O. The van der Waals surface area contributed by atoms with E-state index in [1.54, 1.807) is 0 Å². The van der Waals surface area contributed by atoms with Crippen LogP contribution in [0.3, 0.4) is 0 Å². The molecule has 0 saturated carbocycles. The molecular formula is C18H31N3O4S. The molecule has 3 saturated heterocycles. The van der Waals surface area contributed by atoms with Crippen molar-refractivity contribution in [1.29, 1.82) is 0 Å². The van der Waals surface area contributed by atoms with Crippen molar-refractivity contribution < 1.29 is 18.0 Å². The van der Waals surface area contributed by atoms with E-state index in [1.807, 2.05) is 28.7 Å². The molecule has 7 nitrogen and oxygen atoms in total. The molecule has 8 heteroatoms. The third kappa shape index (κ3) is 4.22. The van der Waals surface area contributed by atoms with E-state index in [1.165, 1.54) is 0 Å². The Labute approximate surface area is 156 Å². The summed E-state index contributed by atoms with van der Waals surface area (Å²) >= 11 is 0. The van der Waals surface area contributed by atoms with Gasteiger partial charge in [-0.05, 0) is 33.2 Å². The number of piperidine rings is 1. The van der Waals surface area contributed by atoms with E-state index in [2.05, 4.69) is 0 Å². The van der Waals surface area contributed by atoms with Gasteiger partial charge in [0.2, 0.25) is 11.8 Å². The van der Waals surface area contributed by atoms with Crippen LogP contribution in [0.5, 0.6) is 0 Å². The lowest BCUT2D eigenvalue weighted by Crippen LogP contribution is -2.45. The molecule has 3 fully saturated rings. The Morgan fingerprint density at radius 2 is 2.00 bits per heavy atom. The van der Waals surface area contributed by atoms with Crippen molar-refractivity contribution in [3.63, 3.8) is 0 Å². The normalized spacial score (nSPS) is 27.7. The van der Waals surface area contributed by atoms with Gasteiger partial charge in [-0.3, -0.25) is 9.59 Å². The second kappa shape index (κ2) is 7.46. The van der Waals surface area contributed by atoms with E-state index >= 15 is 0 Å². The summed E-state index contributed by atoms with van der Waals surface area (Å²) in [4.78, 5) is 30.4. The Bertz CT molecular complexity index is 655. The fourth-order valence-electron chi connectivity index (χ4n) is 4.57. The Morgan fingerprint density at radius 1 is 1.31 bits per heavy atom. The number of likely N-dealkylation sites (tertiary alicyclic amines) is 2. The maximum Gasteiger partial charge on any atom is 0.223 e. The molecule has 0 unspecified atom stereocenters. The van der Waals surface area contributed by atoms with Crippen molar-refractivity contribution >= 4 is 21.7 Å². The number of sulfone groups is 1. The van der Waals surface area contributed by atoms with Crippen LogP contribution >= 0.6 is 0 Å². The Kier molecular flexibility index (Phi) is 5.63. The van der Waals surface area contributed by atoms with E-state index in [9.17, 15) is 18.0 Å². The Hall–Kier alpha value is -1.15. The van der Waals surface area contributed by atoms with Crippen LogP contribution in [0, 0.1) is 5.41 Å². The lowest BCUT2D eigenvalue weighted by atomic mass is 9.77. The number of hydrogen-bond acceptors (Lipinski definition) is 5. The number of rotatable bonds is 5. The molecule has 148 valence electrons. The first-order valence-electron chi connectivity index (χ1n) is 9.70. The van der Waals surface area contributed by atoms with Crippen LogP contribution in [0.1, 0.15) is 39.0 Å². The van der Waals surface area contributed by atoms with E-state index in [0.29, 0.717) is 25.8 Å². The number of amides is 2. The summed E-state index contributed by atoms with van der Waals surface area (Å²) in [5.74, 6) is 0.869. The summed E-state index contributed by atoms with van der Waals surface area (Å²) in [7, 11) is -0.982. The van der Waals surface area contributed by atoms with Gasteiger partial charge < -0.3 is 14.7 Å². The molecule has 0 aromatic heterocycles. The van der Waals surface area contributed by atoms with E-state index in [0.717, 1.165) is 39.0 Å². The molecule has 0 aromatic rings. The molecular weight excluding hydrogens is 354 g/mol. The molecule has 0 bridgehead atoms. The molecule has 1 atom stereocenters. The van der Waals surface area contributed by atoms with Gasteiger partial charge in [0.15, 0.2) is 9.84 Å². The highest BCUT2D eigenvalue weighted by Gasteiger charge is 2.44. The second-order valence-electron chi connectivity index (χ2n) is 8.25. The second-order valence-corrected chi connectivity index (χ2v) is 10.5. The minimum Gasteiger partial charge on any atom is -0.343 e. The van der Waals surface area contributed by atoms with Gasteiger partial charge in [-0.15, -0.1) is 0 Å². The maximum absolute atomic E-state index is 12.5. The minimum atomic E-state index is -2.89. The summed E-state index contributed by atoms with van der Waals surface area (Å²) < 4.78 is 23.2. The van der Waals surface area contributed by atoms with E-state index in [4.69, 9.17) is 0 Å². The van der Waals surface area contributed by atoms with Crippen LogP contribution in [0.15, 0.2) is 0 Å². The highest BCUT2D eigenvalue weighted by molar-refractivity contribution is 7.91. The number of carbonyl (C=O) groups is 2. The summed E-state index contributed by atoms with van der Waals surface area (Å²) in [6, 6.07) is 0.0435. The lowest BCUT2D eigenvalue weighted by molar-refractivity contribution is -0.133. The fourth-order valence-corrected chi connectivity index (χ4v) is 6.38. The zero-order valence-electron chi connectivity index (χ0n) is 15.9. The number of nitrogens with zero attached hydrogens (tertiary/aromatic N) is 3. The van der Waals surface area contributed by atoms with Crippen LogP contribution < -0.4 is 0 Å². The molecule has 3 aliphatic rings. The van der Waals surface area contributed by atoms with Crippen LogP contribution in [0.4, 0.5) is 0 Å². The van der Waals surface area contributed by atoms with Gasteiger partial charge in [0.1, 0.15) is 0 Å². The van der Waals surface area contributed by atoms with Gasteiger partial charge >= 0.3 is 0 Å². The van der Waals surface area contributed by atoms with Gasteiger partial charge in [0.25, 0.3) is 0 Å². The topological polar surface area (TPSA) is 78.0 Å². The van der Waals surface area contributed by atoms with Crippen molar-refractivity contribution in [3.05, 3.63) is 0 Å². The van der Waals surface area contributed by atoms with Crippen molar-refractivity contribution in [2.24, 2.45) is 5.41 Å². The average molecular weight is 386 g/mol. The predicted molar refractivity (Wildman–Crippen MR) is 99.4 cm³/mol. The zero-order valence-corrected chi connectivity index (χ0v) is 16.8. The lowest BCUT2D eigenvalue weighted by Gasteiger charge is -2.39. The van der Waals surface area contributed by atoms with Gasteiger partial charge in [-0.1, -0.05) is 0 Å². The zero-order chi connectivity index (χ0) is 18.9. The van der Waals surface area contributed by atoms with Crippen molar-refractivity contribution in [2.45, 2.75) is 45.1 Å². The number of carbonyl (C=O) groups excluding carboxylic acids is 2. The van der Waals surface area contributed by atoms with Gasteiger partial charge in [-0.2, -0.15) is 0 Å². The van der Waals surface area contributed by atoms with Crippen molar-refractivity contribution in [1.82, 2.24) is 14.7 Å².